The van der Waals surface area contributed by atoms with E-state index in [4.69, 9.17) is 19.9 Å². The van der Waals surface area contributed by atoms with Gasteiger partial charge in [0.25, 0.3) is 0 Å². The Bertz CT molecular complexity index is 458. The number of hydrogen-bond donors (Lipinski definition) is 2. The van der Waals surface area contributed by atoms with E-state index in [9.17, 15) is 0 Å². The molecular formula is C17H30IN3O3. The summed E-state index contributed by atoms with van der Waals surface area (Å²) < 4.78 is 16.0. The second-order valence-electron chi connectivity index (χ2n) is 5.06. The van der Waals surface area contributed by atoms with Crippen molar-refractivity contribution >= 4 is 35.6 Å². The molecular weight excluding hydrogens is 421 g/mol. The SMILES string of the molecule is CCCCOCCOCCN=C(N)Nc1ccccc1COC.I. The first-order chi connectivity index (χ1) is 11.3. The Hall–Kier alpha value is -0.900. The fourth-order valence-electron chi connectivity index (χ4n) is 1.90. The molecule has 0 bridgehead atoms. The number of nitrogens with zero attached hydrogens (tertiary/aromatic N) is 1. The van der Waals surface area contributed by atoms with Crippen LogP contribution in [0, 0.1) is 0 Å². The maximum Gasteiger partial charge on any atom is 0.193 e. The van der Waals surface area contributed by atoms with Gasteiger partial charge in [-0.15, -0.1) is 24.0 Å². The number of rotatable bonds is 12. The molecule has 1 aromatic rings. The highest BCUT2D eigenvalue weighted by molar-refractivity contribution is 14.0. The molecule has 1 rings (SSSR count). The molecule has 0 unspecified atom stereocenters. The van der Waals surface area contributed by atoms with E-state index in [2.05, 4.69) is 17.2 Å². The lowest BCUT2D eigenvalue weighted by Crippen LogP contribution is -2.24. The lowest BCUT2D eigenvalue weighted by molar-refractivity contribution is 0.0498. The number of halogens is 1. The van der Waals surface area contributed by atoms with Gasteiger partial charge in [0.05, 0.1) is 33.0 Å². The Morgan fingerprint density at radius 2 is 1.83 bits per heavy atom. The van der Waals surface area contributed by atoms with Crippen molar-refractivity contribution in [2.24, 2.45) is 10.7 Å². The summed E-state index contributed by atoms with van der Waals surface area (Å²) in [5.74, 6) is 0.372. The van der Waals surface area contributed by atoms with Crippen LogP contribution in [-0.4, -0.2) is 46.0 Å². The van der Waals surface area contributed by atoms with Crippen molar-refractivity contribution in [3.8, 4) is 0 Å². The van der Waals surface area contributed by atoms with Crippen LogP contribution in [0.2, 0.25) is 0 Å². The number of guanidine groups is 1. The lowest BCUT2D eigenvalue weighted by atomic mass is 10.2. The maximum atomic E-state index is 5.88. The molecule has 3 N–H and O–H groups in total. The molecule has 24 heavy (non-hydrogen) atoms. The third-order valence-electron chi connectivity index (χ3n) is 3.11. The number of aliphatic imine (C=N–C) groups is 1. The quantitative estimate of drug-likeness (QED) is 0.221. The summed E-state index contributed by atoms with van der Waals surface area (Å²) >= 11 is 0. The molecule has 0 aromatic heterocycles. The summed E-state index contributed by atoms with van der Waals surface area (Å²) in [6.07, 6.45) is 2.24. The number of ether oxygens (including phenoxy) is 3. The molecule has 0 aliphatic carbocycles. The van der Waals surface area contributed by atoms with Crippen molar-refractivity contribution in [2.45, 2.75) is 26.4 Å². The first-order valence-corrected chi connectivity index (χ1v) is 8.07. The van der Waals surface area contributed by atoms with E-state index in [1.165, 1.54) is 0 Å². The van der Waals surface area contributed by atoms with Gasteiger partial charge in [0.2, 0.25) is 0 Å². The van der Waals surface area contributed by atoms with Crippen LogP contribution < -0.4 is 11.1 Å². The molecule has 0 saturated heterocycles. The van der Waals surface area contributed by atoms with E-state index < -0.39 is 0 Å². The minimum Gasteiger partial charge on any atom is -0.380 e. The third kappa shape index (κ3) is 10.8. The molecule has 138 valence electrons. The standard InChI is InChI=1S/C17H29N3O3.HI/c1-3-4-10-22-12-13-23-11-9-19-17(18)20-16-8-6-5-7-15(16)14-21-2;/h5-8H,3-4,9-14H2,1-2H3,(H3,18,19,20);1H. The molecule has 6 nitrogen and oxygen atoms in total. The largest absolute Gasteiger partial charge is 0.380 e. The van der Waals surface area contributed by atoms with Gasteiger partial charge in [0.1, 0.15) is 0 Å². The third-order valence-corrected chi connectivity index (χ3v) is 3.11. The van der Waals surface area contributed by atoms with E-state index in [0.717, 1.165) is 30.7 Å². The summed E-state index contributed by atoms with van der Waals surface area (Å²) in [5, 5.41) is 3.09. The highest BCUT2D eigenvalue weighted by atomic mass is 127. The van der Waals surface area contributed by atoms with Gasteiger partial charge < -0.3 is 25.3 Å². The summed E-state index contributed by atoms with van der Waals surface area (Å²) in [6.45, 7) is 5.72. The summed E-state index contributed by atoms with van der Waals surface area (Å²) in [6, 6.07) is 7.83. The van der Waals surface area contributed by atoms with Gasteiger partial charge in [-0.3, -0.25) is 4.99 Å². The van der Waals surface area contributed by atoms with Crippen LogP contribution in [0.25, 0.3) is 0 Å². The van der Waals surface area contributed by atoms with E-state index in [1.54, 1.807) is 7.11 Å². The van der Waals surface area contributed by atoms with Gasteiger partial charge in [0, 0.05) is 25.0 Å². The van der Waals surface area contributed by atoms with Crippen molar-refractivity contribution in [1.29, 1.82) is 0 Å². The predicted molar refractivity (Wildman–Crippen MR) is 109 cm³/mol. The first kappa shape index (κ1) is 23.1. The smallest absolute Gasteiger partial charge is 0.193 e. The second-order valence-corrected chi connectivity index (χ2v) is 5.06. The molecule has 7 heteroatoms. The maximum absolute atomic E-state index is 5.88. The fraction of sp³-hybridized carbons (Fsp3) is 0.588. The summed E-state index contributed by atoms with van der Waals surface area (Å²) in [4.78, 5) is 4.24. The van der Waals surface area contributed by atoms with E-state index in [0.29, 0.717) is 38.9 Å². The average Bonchev–Trinajstić information content (AvgIpc) is 2.55. The Balaban J connectivity index is 0.00000529. The van der Waals surface area contributed by atoms with E-state index >= 15 is 0 Å². The summed E-state index contributed by atoms with van der Waals surface area (Å²) in [7, 11) is 1.66. The topological polar surface area (TPSA) is 78.1 Å². The number of hydrogen-bond acceptors (Lipinski definition) is 4. The zero-order chi connectivity index (χ0) is 16.8. The van der Waals surface area contributed by atoms with Crippen LogP contribution in [0.5, 0.6) is 0 Å². The van der Waals surface area contributed by atoms with Gasteiger partial charge in [-0.2, -0.15) is 0 Å². The number of unbranched alkanes of at least 4 members (excludes halogenated alkanes) is 1. The van der Waals surface area contributed by atoms with Crippen molar-refractivity contribution in [1.82, 2.24) is 0 Å². The minimum atomic E-state index is 0. The number of para-hydroxylation sites is 1. The van der Waals surface area contributed by atoms with Crippen LogP contribution in [0.15, 0.2) is 29.3 Å². The Kier molecular flexibility index (Phi) is 15.0. The number of benzene rings is 1. The van der Waals surface area contributed by atoms with Crippen molar-refractivity contribution in [3.63, 3.8) is 0 Å². The molecule has 0 saturated carbocycles. The number of anilines is 1. The second kappa shape index (κ2) is 15.6. The van der Waals surface area contributed by atoms with Gasteiger partial charge in [-0.05, 0) is 12.5 Å². The Morgan fingerprint density at radius 1 is 1.12 bits per heavy atom. The van der Waals surface area contributed by atoms with Crippen LogP contribution in [-0.2, 0) is 20.8 Å². The number of nitrogens with two attached hydrogens (primary N) is 1. The monoisotopic (exact) mass is 451 g/mol. The molecule has 0 heterocycles. The van der Waals surface area contributed by atoms with Crippen LogP contribution >= 0.6 is 24.0 Å². The zero-order valence-electron chi connectivity index (χ0n) is 14.6. The van der Waals surface area contributed by atoms with Gasteiger partial charge in [-0.1, -0.05) is 31.5 Å². The lowest BCUT2D eigenvalue weighted by Gasteiger charge is -2.11. The minimum absolute atomic E-state index is 0. The van der Waals surface area contributed by atoms with Crippen molar-refractivity contribution in [3.05, 3.63) is 29.8 Å². The highest BCUT2D eigenvalue weighted by Gasteiger charge is 2.02. The molecule has 0 spiro atoms. The predicted octanol–water partition coefficient (Wildman–Crippen LogP) is 3.01. The normalized spacial score (nSPS) is 11.2. The average molecular weight is 451 g/mol. The number of nitrogens with one attached hydrogen (secondary N) is 1. The molecule has 0 radical (unpaired) electrons. The fourth-order valence-corrected chi connectivity index (χ4v) is 1.90. The van der Waals surface area contributed by atoms with Crippen LogP contribution in [0.3, 0.4) is 0 Å². The van der Waals surface area contributed by atoms with Gasteiger partial charge >= 0.3 is 0 Å². The van der Waals surface area contributed by atoms with Crippen LogP contribution in [0.1, 0.15) is 25.3 Å². The van der Waals surface area contributed by atoms with E-state index in [1.807, 2.05) is 24.3 Å². The highest BCUT2D eigenvalue weighted by Crippen LogP contribution is 2.15. The Morgan fingerprint density at radius 3 is 2.54 bits per heavy atom. The molecule has 0 amide bonds. The molecule has 0 aliphatic heterocycles. The van der Waals surface area contributed by atoms with Crippen molar-refractivity contribution in [2.75, 3.05) is 45.4 Å². The first-order valence-electron chi connectivity index (χ1n) is 8.07. The molecule has 1 aromatic carbocycles. The van der Waals surface area contributed by atoms with E-state index in [-0.39, 0.29) is 24.0 Å². The Labute approximate surface area is 162 Å². The molecule has 0 atom stereocenters. The zero-order valence-corrected chi connectivity index (χ0v) is 17.0. The molecule has 0 aliphatic rings. The number of methoxy groups -OCH3 is 1. The van der Waals surface area contributed by atoms with Crippen molar-refractivity contribution < 1.29 is 14.2 Å². The van der Waals surface area contributed by atoms with Gasteiger partial charge in [-0.25, -0.2) is 0 Å². The van der Waals surface area contributed by atoms with Gasteiger partial charge in [0.15, 0.2) is 5.96 Å². The van der Waals surface area contributed by atoms with Crippen LogP contribution in [0.4, 0.5) is 5.69 Å². The molecule has 0 fully saturated rings. The summed E-state index contributed by atoms with van der Waals surface area (Å²) in [5.41, 5.74) is 7.82.